The Bertz CT molecular complexity index is 799. The zero-order chi connectivity index (χ0) is 14.4. The van der Waals surface area contributed by atoms with Crippen molar-refractivity contribution >= 4 is 27.0 Å². The first-order valence-corrected chi connectivity index (χ1v) is 7.56. The highest BCUT2D eigenvalue weighted by molar-refractivity contribution is 9.10. The van der Waals surface area contributed by atoms with Gasteiger partial charge in [0.2, 0.25) is 0 Å². The first kappa shape index (κ1) is 12.7. The maximum absolute atomic E-state index is 5.61. The first-order chi connectivity index (χ1) is 10.2. The summed E-state index contributed by atoms with van der Waals surface area (Å²) >= 11 is 3.48. The number of aromatic amines is 1. The van der Waals surface area contributed by atoms with Gasteiger partial charge in [0.1, 0.15) is 19.0 Å². The molecule has 0 bridgehead atoms. The van der Waals surface area contributed by atoms with Crippen molar-refractivity contribution < 1.29 is 9.47 Å². The molecule has 0 saturated heterocycles. The van der Waals surface area contributed by atoms with Gasteiger partial charge in [-0.2, -0.15) is 0 Å². The number of aromatic nitrogens is 2. The largest absolute Gasteiger partial charge is 0.486 e. The number of ether oxygens (including phenoxy) is 2. The molecule has 4 nitrogen and oxygen atoms in total. The summed E-state index contributed by atoms with van der Waals surface area (Å²) in [6, 6.07) is 10.0. The summed E-state index contributed by atoms with van der Waals surface area (Å²) in [5.41, 5.74) is 4.10. The lowest BCUT2D eigenvalue weighted by Crippen LogP contribution is -2.15. The molecule has 0 unspecified atom stereocenters. The van der Waals surface area contributed by atoms with Crippen molar-refractivity contribution in [1.82, 2.24) is 9.97 Å². The molecule has 3 aromatic rings. The second-order valence-electron chi connectivity index (χ2n) is 5.06. The topological polar surface area (TPSA) is 47.1 Å². The molecule has 0 radical (unpaired) electrons. The van der Waals surface area contributed by atoms with Crippen LogP contribution in [0.25, 0.3) is 22.4 Å². The van der Waals surface area contributed by atoms with E-state index < -0.39 is 0 Å². The van der Waals surface area contributed by atoms with Crippen molar-refractivity contribution in [2.75, 3.05) is 13.2 Å². The third-order valence-electron chi connectivity index (χ3n) is 3.59. The van der Waals surface area contributed by atoms with Crippen LogP contribution in [0, 0.1) is 6.92 Å². The summed E-state index contributed by atoms with van der Waals surface area (Å²) in [6.45, 7) is 3.25. The maximum atomic E-state index is 5.61. The van der Waals surface area contributed by atoms with Gasteiger partial charge in [-0.1, -0.05) is 15.9 Å². The Morgan fingerprint density at radius 1 is 1.10 bits per heavy atom. The molecule has 0 aliphatic carbocycles. The molecule has 21 heavy (non-hydrogen) atoms. The molecule has 106 valence electrons. The highest BCUT2D eigenvalue weighted by Crippen LogP contribution is 2.35. The van der Waals surface area contributed by atoms with Gasteiger partial charge in [0.25, 0.3) is 0 Å². The lowest BCUT2D eigenvalue weighted by atomic mass is 10.1. The number of nitrogens with one attached hydrogen (secondary N) is 1. The van der Waals surface area contributed by atoms with Crippen LogP contribution in [0.1, 0.15) is 5.56 Å². The molecular weight excluding hydrogens is 332 g/mol. The zero-order valence-corrected chi connectivity index (χ0v) is 13.0. The highest BCUT2D eigenvalue weighted by Gasteiger charge is 2.15. The number of aryl methyl sites for hydroxylation is 1. The standard InChI is InChI=1S/C16H13BrN2O2/c1-9-6-10(17)2-3-11(9)16-18-12-7-14-15(8-13(12)19-16)21-5-4-20-14/h2-3,6-8H,4-5H2,1H3,(H,18,19). The number of hydrogen-bond acceptors (Lipinski definition) is 3. The van der Waals surface area contributed by atoms with Crippen LogP contribution in [0.15, 0.2) is 34.8 Å². The van der Waals surface area contributed by atoms with Crippen LogP contribution in [-0.2, 0) is 0 Å². The van der Waals surface area contributed by atoms with E-state index in [4.69, 9.17) is 9.47 Å². The van der Waals surface area contributed by atoms with Crippen molar-refractivity contribution in [3.63, 3.8) is 0 Å². The van der Waals surface area contributed by atoms with Crippen molar-refractivity contribution in [3.05, 3.63) is 40.4 Å². The van der Waals surface area contributed by atoms with E-state index in [1.54, 1.807) is 0 Å². The minimum Gasteiger partial charge on any atom is -0.486 e. The molecule has 2 aromatic carbocycles. The van der Waals surface area contributed by atoms with E-state index in [1.807, 2.05) is 18.2 Å². The predicted octanol–water partition coefficient (Wildman–Crippen LogP) is 4.07. The van der Waals surface area contributed by atoms with Crippen molar-refractivity contribution in [2.45, 2.75) is 6.92 Å². The van der Waals surface area contributed by atoms with Crippen molar-refractivity contribution in [2.24, 2.45) is 0 Å². The molecule has 1 aliphatic heterocycles. The maximum Gasteiger partial charge on any atom is 0.163 e. The number of fused-ring (bicyclic) bond motifs is 2. The van der Waals surface area contributed by atoms with Gasteiger partial charge in [-0.25, -0.2) is 4.98 Å². The predicted molar refractivity (Wildman–Crippen MR) is 85.0 cm³/mol. The fourth-order valence-electron chi connectivity index (χ4n) is 2.57. The van der Waals surface area contributed by atoms with E-state index >= 15 is 0 Å². The molecule has 5 heteroatoms. The van der Waals surface area contributed by atoms with Crippen LogP contribution in [0.5, 0.6) is 11.5 Å². The molecule has 2 heterocycles. The molecule has 0 saturated carbocycles. The fourth-order valence-corrected chi connectivity index (χ4v) is 3.04. The Morgan fingerprint density at radius 3 is 2.62 bits per heavy atom. The quantitative estimate of drug-likeness (QED) is 0.723. The van der Waals surface area contributed by atoms with E-state index in [1.165, 1.54) is 5.56 Å². The second-order valence-corrected chi connectivity index (χ2v) is 5.97. The average Bonchev–Trinajstić information content (AvgIpc) is 2.87. The van der Waals surface area contributed by atoms with Gasteiger partial charge in [-0.15, -0.1) is 0 Å². The third-order valence-corrected chi connectivity index (χ3v) is 4.08. The molecular formula is C16H13BrN2O2. The van der Waals surface area contributed by atoms with Crippen LogP contribution < -0.4 is 9.47 Å². The van der Waals surface area contributed by atoms with Crippen molar-refractivity contribution in [3.8, 4) is 22.9 Å². The SMILES string of the molecule is Cc1cc(Br)ccc1-c1nc2cc3c(cc2[nH]1)OCCO3. The van der Waals surface area contributed by atoms with Crippen LogP contribution in [0.2, 0.25) is 0 Å². The van der Waals surface area contributed by atoms with Gasteiger partial charge in [0, 0.05) is 22.2 Å². The Balaban J connectivity index is 1.86. The van der Waals surface area contributed by atoms with Gasteiger partial charge >= 0.3 is 0 Å². The van der Waals surface area contributed by atoms with Gasteiger partial charge in [-0.3, -0.25) is 0 Å². The fraction of sp³-hybridized carbons (Fsp3) is 0.188. The Hall–Kier alpha value is -2.01. The summed E-state index contributed by atoms with van der Waals surface area (Å²) in [4.78, 5) is 8.04. The number of H-pyrrole nitrogens is 1. The van der Waals surface area contributed by atoms with Gasteiger partial charge in [0.05, 0.1) is 11.0 Å². The molecule has 1 aromatic heterocycles. The lowest BCUT2D eigenvalue weighted by molar-refractivity contribution is 0.172. The molecule has 4 rings (SSSR count). The van der Waals surface area contributed by atoms with Crippen LogP contribution in [-0.4, -0.2) is 23.2 Å². The molecule has 0 fully saturated rings. The summed E-state index contributed by atoms with van der Waals surface area (Å²) in [6.07, 6.45) is 0. The van der Waals surface area contributed by atoms with Gasteiger partial charge in [-0.05, 0) is 30.7 Å². The average molecular weight is 345 g/mol. The normalized spacial score (nSPS) is 13.6. The zero-order valence-electron chi connectivity index (χ0n) is 11.4. The van der Waals surface area contributed by atoms with Crippen LogP contribution in [0.3, 0.4) is 0 Å². The van der Waals surface area contributed by atoms with Crippen molar-refractivity contribution in [1.29, 1.82) is 0 Å². The van der Waals surface area contributed by atoms with E-state index in [-0.39, 0.29) is 0 Å². The van der Waals surface area contributed by atoms with Crippen LogP contribution in [0.4, 0.5) is 0 Å². The Morgan fingerprint density at radius 2 is 1.86 bits per heavy atom. The molecule has 1 aliphatic rings. The van der Waals surface area contributed by atoms with E-state index in [0.717, 1.165) is 38.4 Å². The van der Waals surface area contributed by atoms with Gasteiger partial charge in [0.15, 0.2) is 11.5 Å². The smallest absolute Gasteiger partial charge is 0.163 e. The second kappa shape index (κ2) is 4.77. The third kappa shape index (κ3) is 2.17. The Kier molecular flexibility index (Phi) is 2.89. The molecule has 0 spiro atoms. The number of rotatable bonds is 1. The summed E-state index contributed by atoms with van der Waals surface area (Å²) in [5.74, 6) is 2.40. The van der Waals surface area contributed by atoms with E-state index in [0.29, 0.717) is 13.2 Å². The number of hydrogen-bond donors (Lipinski definition) is 1. The number of nitrogens with zero attached hydrogens (tertiary/aromatic N) is 1. The summed E-state index contributed by atoms with van der Waals surface area (Å²) in [7, 11) is 0. The monoisotopic (exact) mass is 344 g/mol. The summed E-state index contributed by atoms with van der Waals surface area (Å²) < 4.78 is 12.3. The van der Waals surface area contributed by atoms with E-state index in [9.17, 15) is 0 Å². The highest BCUT2D eigenvalue weighted by atomic mass is 79.9. The van der Waals surface area contributed by atoms with Crippen LogP contribution >= 0.6 is 15.9 Å². The summed E-state index contributed by atoms with van der Waals surface area (Å²) in [5, 5.41) is 0. The minimum atomic E-state index is 0.585. The number of halogens is 1. The first-order valence-electron chi connectivity index (χ1n) is 6.76. The minimum absolute atomic E-state index is 0.585. The lowest BCUT2D eigenvalue weighted by Gasteiger charge is -2.17. The van der Waals surface area contributed by atoms with Gasteiger partial charge < -0.3 is 14.5 Å². The number of imidazole rings is 1. The number of benzene rings is 2. The molecule has 1 N–H and O–H groups in total. The molecule has 0 amide bonds. The Labute approximate surface area is 130 Å². The van der Waals surface area contributed by atoms with E-state index in [2.05, 4.69) is 45.0 Å². The molecule has 0 atom stereocenters.